The van der Waals surface area contributed by atoms with Gasteiger partial charge in [0.25, 0.3) is 0 Å². The first-order chi connectivity index (χ1) is 9.98. The number of carbonyl (C=O) groups is 2. The van der Waals surface area contributed by atoms with Gasteiger partial charge in [-0.3, -0.25) is 0 Å². The fraction of sp³-hybridized carbons (Fsp3) is 0.800. The van der Waals surface area contributed by atoms with Crippen molar-refractivity contribution in [1.82, 2.24) is 7.60 Å². The third-order valence-electron chi connectivity index (χ3n) is 2.89. The predicted molar refractivity (Wildman–Crippen MR) is 69.5 cm³/mol. The van der Waals surface area contributed by atoms with E-state index in [1.807, 2.05) is 13.8 Å². The molecule has 2 N–H and O–H groups in total. The van der Waals surface area contributed by atoms with Crippen molar-refractivity contribution in [3.63, 3.8) is 0 Å². The van der Waals surface area contributed by atoms with Gasteiger partial charge in [0.05, 0.1) is 0 Å². The summed E-state index contributed by atoms with van der Waals surface area (Å²) in [6.07, 6.45) is 2.86. The zero-order chi connectivity index (χ0) is 17.0. The minimum atomic E-state index is -3.71. The Kier molecular flexibility index (Phi) is 10.7. The first-order valence-corrected chi connectivity index (χ1v) is 40.4. The summed E-state index contributed by atoms with van der Waals surface area (Å²) in [7, 11) is 8.64. The zero-order valence-electron chi connectivity index (χ0n) is 13.4. The van der Waals surface area contributed by atoms with Crippen molar-refractivity contribution >= 4 is 30.4 Å². The number of halogens is 2. The fourth-order valence-electron chi connectivity index (χ4n) is 2.26. The number of hydrogen-bond donors (Lipinski definition) is 2. The maximum absolute atomic E-state index is 12.1. The summed E-state index contributed by atoms with van der Waals surface area (Å²) in [4.78, 5) is 24.1. The van der Waals surface area contributed by atoms with Crippen LogP contribution in [0.3, 0.4) is 0 Å². The third-order valence-corrected chi connectivity index (χ3v) is 208. The normalized spacial score (nSPS) is 22.8. The molecule has 1 fully saturated rings. The summed E-state index contributed by atoms with van der Waals surface area (Å²) in [6, 6.07) is 0. The molecule has 0 spiro atoms. The van der Waals surface area contributed by atoms with E-state index < -0.39 is 41.7 Å². The average Bonchev–Trinajstić information content (AvgIpc) is 2.23. The van der Waals surface area contributed by atoms with Gasteiger partial charge in [0.2, 0.25) is 0 Å². The van der Waals surface area contributed by atoms with Crippen molar-refractivity contribution in [3.8, 4) is 0 Å². The Balaban J connectivity index is 2.89. The molecule has 0 aromatic heterocycles. The summed E-state index contributed by atoms with van der Waals surface area (Å²) in [5, 5.41) is 4.92. The molecular weight excluding hydrogens is 538 g/mol. The molecule has 22 heavy (non-hydrogen) atoms. The van der Waals surface area contributed by atoms with E-state index in [0.29, 0.717) is 12.8 Å². The molecule has 1 aliphatic rings. The van der Waals surface area contributed by atoms with Crippen LogP contribution >= 0.6 is 18.6 Å². The molecule has 0 bridgehead atoms. The molecule has 0 aromatic carbocycles. The molecule has 0 atom stereocenters. The summed E-state index contributed by atoms with van der Waals surface area (Å²) in [5.74, 6) is 0.280. The van der Waals surface area contributed by atoms with E-state index >= 15 is 0 Å². The molecule has 1 rings (SSSR count). The quantitative estimate of drug-likeness (QED) is 0.491. The second-order valence-corrected chi connectivity index (χ2v) is 108. The molecule has 1 heterocycles. The number of rotatable bonds is 6. The SMILES string of the molecule is CCCC(=O)[NH][Ti]1[Ti][Ti]([CH3])([CH3])[Ti][Ti]([Cl])([Cl])([NH]C(=O)CCC)[Ti]1. The predicted octanol–water partition coefficient (Wildman–Crippen LogP) is 3.27. The van der Waals surface area contributed by atoms with E-state index in [2.05, 4.69) is 18.1 Å². The summed E-state index contributed by atoms with van der Waals surface area (Å²) < 4.78 is 6.61. The van der Waals surface area contributed by atoms with Crippen LogP contribution in [0.15, 0.2) is 0 Å². The maximum atomic E-state index is 12.1. The molecule has 0 aliphatic carbocycles. The Bertz CT molecular complexity index is 451. The molecule has 122 valence electrons. The van der Waals surface area contributed by atoms with E-state index in [1.54, 1.807) is 0 Å². The van der Waals surface area contributed by atoms with Crippen LogP contribution in [0, 0.1) is 0 Å². The number of nitrogens with one attached hydrogen (secondary N) is 2. The molecule has 0 unspecified atom stereocenters. The molecule has 2 amide bonds. The fourth-order valence-corrected chi connectivity index (χ4v) is 499. The van der Waals surface area contributed by atoms with Crippen LogP contribution in [-0.4, -0.2) is 11.8 Å². The molecular formula is C10H22Cl2N2O2Ti6. The van der Waals surface area contributed by atoms with Gasteiger partial charge in [-0.25, -0.2) is 0 Å². The Morgan fingerprint density at radius 1 is 1.14 bits per heavy atom. The first-order valence-electron chi connectivity index (χ1n) is 7.41. The minimum absolute atomic E-state index is 0.0408. The van der Waals surface area contributed by atoms with E-state index in [4.69, 9.17) is 18.6 Å². The van der Waals surface area contributed by atoms with Gasteiger partial charge in [-0.1, -0.05) is 0 Å². The van der Waals surface area contributed by atoms with E-state index in [9.17, 15) is 9.59 Å². The summed E-state index contributed by atoms with van der Waals surface area (Å²) >= 11 is -2.37. The van der Waals surface area contributed by atoms with Gasteiger partial charge < -0.3 is 0 Å². The molecule has 1 saturated heterocycles. The molecule has 0 radical (unpaired) electrons. The van der Waals surface area contributed by atoms with Crippen LogP contribution in [0.25, 0.3) is 0 Å². The van der Waals surface area contributed by atoms with Crippen molar-refractivity contribution in [2.75, 3.05) is 0 Å². The van der Waals surface area contributed by atoms with Crippen LogP contribution in [0.4, 0.5) is 0 Å². The van der Waals surface area contributed by atoms with Gasteiger partial charge in [-0.05, 0) is 0 Å². The molecule has 0 saturated carbocycles. The molecule has 1 aliphatic heterocycles. The van der Waals surface area contributed by atoms with Crippen LogP contribution < -0.4 is 7.60 Å². The van der Waals surface area contributed by atoms with Crippen molar-refractivity contribution < 1.29 is 76.7 Å². The van der Waals surface area contributed by atoms with E-state index in [0.717, 1.165) is 12.8 Å². The second kappa shape index (κ2) is 9.84. The zero-order valence-corrected chi connectivity index (χ0v) is 24.3. The van der Waals surface area contributed by atoms with E-state index in [-0.39, 0.29) is 37.3 Å². The Hall–Kier alpha value is 3.81. The molecule has 4 nitrogen and oxygen atoms in total. The van der Waals surface area contributed by atoms with Crippen LogP contribution in [0.5, 0.6) is 0 Å². The second-order valence-electron chi connectivity index (χ2n) is 5.98. The first kappa shape index (κ1) is 23.8. The third kappa shape index (κ3) is 8.66. The number of hydrogen-bond acceptors (Lipinski definition) is 2. The van der Waals surface area contributed by atoms with Gasteiger partial charge >= 0.3 is 165 Å². The average molecular weight is 560 g/mol. The van der Waals surface area contributed by atoms with Crippen molar-refractivity contribution in [1.29, 1.82) is 0 Å². The topological polar surface area (TPSA) is 58.2 Å². The Morgan fingerprint density at radius 3 is 2.23 bits per heavy atom. The van der Waals surface area contributed by atoms with Gasteiger partial charge in [0.1, 0.15) is 0 Å². The number of amides is 2. The van der Waals surface area contributed by atoms with Gasteiger partial charge in [0.15, 0.2) is 0 Å². The van der Waals surface area contributed by atoms with Gasteiger partial charge in [0, 0.05) is 0 Å². The van der Waals surface area contributed by atoms with Crippen molar-refractivity contribution in [2.24, 2.45) is 0 Å². The Labute approximate surface area is 161 Å². The Morgan fingerprint density at radius 2 is 1.68 bits per heavy atom. The monoisotopic (exact) mass is 560 g/mol. The summed E-state index contributed by atoms with van der Waals surface area (Å²) in [6.45, 7) is 4.03. The van der Waals surface area contributed by atoms with Crippen molar-refractivity contribution in [2.45, 2.75) is 50.0 Å². The number of carbonyl (C=O) groups excluding carboxylic acids is 2. The van der Waals surface area contributed by atoms with Gasteiger partial charge in [-0.2, -0.15) is 0 Å². The van der Waals surface area contributed by atoms with Crippen LogP contribution in [0.1, 0.15) is 39.5 Å². The molecule has 0 aromatic rings. The van der Waals surface area contributed by atoms with Crippen molar-refractivity contribution in [3.05, 3.63) is 0 Å². The molecule has 12 heteroatoms. The van der Waals surface area contributed by atoms with Crippen LogP contribution in [-0.2, 0) is 76.7 Å². The van der Waals surface area contributed by atoms with Gasteiger partial charge in [-0.15, -0.1) is 0 Å². The van der Waals surface area contributed by atoms with E-state index in [1.165, 1.54) is 0 Å². The van der Waals surface area contributed by atoms with Crippen LogP contribution in [0.2, 0.25) is 10.5 Å². The summed E-state index contributed by atoms with van der Waals surface area (Å²) in [5.41, 5.74) is 0. The standard InChI is InChI=1S/2C4H9NO.2CH3.2ClH.6Ti/c2*1-2-3-4(5)6;;;;;;;;;;/h2*2-3H2,1H3,(H2,5,6);2*1H3;2*1H;;;;;;/q;;;;;;;;;;+1;+3/p-4.